The zero-order valence-corrected chi connectivity index (χ0v) is 10.0. The van der Waals surface area contributed by atoms with E-state index in [1.807, 2.05) is 4.90 Å². The lowest BCUT2D eigenvalue weighted by Gasteiger charge is -2.16. The number of hydrogen-bond acceptors (Lipinski definition) is 2. The molecule has 1 aliphatic heterocycles. The Morgan fingerprint density at radius 1 is 1.47 bits per heavy atom. The van der Waals surface area contributed by atoms with Crippen LogP contribution in [-0.4, -0.2) is 23.9 Å². The molecule has 3 heteroatoms. The van der Waals surface area contributed by atoms with Gasteiger partial charge in [0.05, 0.1) is 11.6 Å². The standard InChI is InChI=1S/C14H16N2O/c1-2-11-7-8-16(10-11)14(17)13-5-3-12(9-15)4-6-13/h3-6,11H,2,7-8,10H2,1H3. The van der Waals surface area contributed by atoms with Crippen molar-refractivity contribution >= 4 is 5.91 Å². The first-order valence-electron chi connectivity index (χ1n) is 6.04. The number of hydrogen-bond donors (Lipinski definition) is 0. The first-order valence-corrected chi connectivity index (χ1v) is 6.04. The van der Waals surface area contributed by atoms with Crippen LogP contribution in [0.15, 0.2) is 24.3 Å². The molecule has 0 N–H and O–H groups in total. The summed E-state index contributed by atoms with van der Waals surface area (Å²) < 4.78 is 0. The maximum absolute atomic E-state index is 12.2. The fourth-order valence-corrected chi connectivity index (χ4v) is 2.22. The van der Waals surface area contributed by atoms with E-state index >= 15 is 0 Å². The van der Waals surface area contributed by atoms with Crippen molar-refractivity contribution in [1.29, 1.82) is 5.26 Å². The van der Waals surface area contributed by atoms with Crippen LogP contribution in [-0.2, 0) is 0 Å². The van der Waals surface area contributed by atoms with E-state index < -0.39 is 0 Å². The SMILES string of the molecule is CCC1CCN(C(=O)c2ccc(C#N)cc2)C1. The Labute approximate surface area is 102 Å². The molecule has 1 aromatic carbocycles. The summed E-state index contributed by atoms with van der Waals surface area (Å²) in [7, 11) is 0. The fourth-order valence-electron chi connectivity index (χ4n) is 2.22. The highest BCUT2D eigenvalue weighted by molar-refractivity contribution is 5.94. The Hall–Kier alpha value is -1.82. The molecule has 1 atom stereocenters. The summed E-state index contributed by atoms with van der Waals surface area (Å²) in [5, 5.41) is 8.70. The van der Waals surface area contributed by atoms with Crippen LogP contribution in [0.3, 0.4) is 0 Å². The van der Waals surface area contributed by atoms with Crippen LogP contribution in [0, 0.1) is 17.2 Å². The molecule has 2 rings (SSSR count). The summed E-state index contributed by atoms with van der Waals surface area (Å²) in [6.07, 6.45) is 2.25. The fraction of sp³-hybridized carbons (Fsp3) is 0.429. The van der Waals surface area contributed by atoms with E-state index in [0.717, 1.165) is 25.9 Å². The lowest BCUT2D eigenvalue weighted by atomic mass is 10.1. The van der Waals surface area contributed by atoms with Gasteiger partial charge in [-0.1, -0.05) is 13.3 Å². The van der Waals surface area contributed by atoms with Gasteiger partial charge in [-0.2, -0.15) is 5.26 Å². The Morgan fingerprint density at radius 3 is 2.71 bits per heavy atom. The summed E-state index contributed by atoms with van der Waals surface area (Å²) in [5.74, 6) is 0.739. The van der Waals surface area contributed by atoms with Crippen LogP contribution in [0.2, 0.25) is 0 Å². The molecule has 1 aliphatic rings. The predicted molar refractivity (Wildman–Crippen MR) is 65.5 cm³/mol. The van der Waals surface area contributed by atoms with Crippen LogP contribution in [0.25, 0.3) is 0 Å². The quantitative estimate of drug-likeness (QED) is 0.780. The molecular formula is C14H16N2O. The summed E-state index contributed by atoms with van der Waals surface area (Å²) in [5.41, 5.74) is 1.27. The molecule has 1 saturated heterocycles. The van der Waals surface area contributed by atoms with E-state index in [1.165, 1.54) is 0 Å². The number of carbonyl (C=O) groups excluding carboxylic acids is 1. The number of amides is 1. The maximum atomic E-state index is 12.2. The van der Waals surface area contributed by atoms with Gasteiger partial charge in [0.15, 0.2) is 0 Å². The second-order valence-corrected chi connectivity index (χ2v) is 4.50. The van der Waals surface area contributed by atoms with Crippen molar-refractivity contribution in [3.63, 3.8) is 0 Å². The second kappa shape index (κ2) is 5.01. The third-order valence-corrected chi connectivity index (χ3v) is 3.41. The average Bonchev–Trinajstić information content (AvgIpc) is 2.87. The van der Waals surface area contributed by atoms with Gasteiger partial charge in [0, 0.05) is 18.7 Å². The lowest BCUT2D eigenvalue weighted by Crippen LogP contribution is -2.28. The first kappa shape index (κ1) is 11.7. The lowest BCUT2D eigenvalue weighted by molar-refractivity contribution is 0.0787. The normalized spacial score (nSPS) is 19.1. The van der Waals surface area contributed by atoms with Gasteiger partial charge in [0.2, 0.25) is 0 Å². The van der Waals surface area contributed by atoms with Gasteiger partial charge in [-0.05, 0) is 36.6 Å². The van der Waals surface area contributed by atoms with Crippen molar-refractivity contribution in [2.45, 2.75) is 19.8 Å². The molecule has 0 aromatic heterocycles. The molecule has 0 radical (unpaired) electrons. The van der Waals surface area contributed by atoms with Crippen LogP contribution >= 0.6 is 0 Å². The molecular weight excluding hydrogens is 212 g/mol. The van der Waals surface area contributed by atoms with Crippen LogP contribution in [0.4, 0.5) is 0 Å². The molecule has 88 valence electrons. The summed E-state index contributed by atoms with van der Waals surface area (Å²) in [6.45, 7) is 3.90. The van der Waals surface area contributed by atoms with E-state index in [1.54, 1.807) is 24.3 Å². The van der Waals surface area contributed by atoms with E-state index in [0.29, 0.717) is 17.0 Å². The molecule has 0 aliphatic carbocycles. The average molecular weight is 228 g/mol. The van der Waals surface area contributed by atoms with Gasteiger partial charge in [-0.15, -0.1) is 0 Å². The van der Waals surface area contributed by atoms with E-state index in [-0.39, 0.29) is 5.91 Å². The molecule has 0 saturated carbocycles. The molecule has 3 nitrogen and oxygen atoms in total. The predicted octanol–water partition coefficient (Wildman–Crippen LogP) is 2.43. The summed E-state index contributed by atoms with van der Waals surface area (Å²) >= 11 is 0. The maximum Gasteiger partial charge on any atom is 0.253 e. The number of likely N-dealkylation sites (tertiary alicyclic amines) is 1. The number of rotatable bonds is 2. The third kappa shape index (κ3) is 2.47. The molecule has 1 aromatic rings. The van der Waals surface area contributed by atoms with Crippen molar-refractivity contribution < 1.29 is 4.79 Å². The van der Waals surface area contributed by atoms with Gasteiger partial charge in [0.1, 0.15) is 0 Å². The van der Waals surface area contributed by atoms with Crippen molar-refractivity contribution in [3.8, 4) is 6.07 Å². The van der Waals surface area contributed by atoms with Gasteiger partial charge in [-0.25, -0.2) is 0 Å². The molecule has 1 fully saturated rings. The topological polar surface area (TPSA) is 44.1 Å². The minimum absolute atomic E-state index is 0.0884. The number of nitriles is 1. The zero-order valence-electron chi connectivity index (χ0n) is 10.0. The molecule has 1 heterocycles. The monoisotopic (exact) mass is 228 g/mol. The molecule has 1 unspecified atom stereocenters. The Morgan fingerprint density at radius 2 is 2.18 bits per heavy atom. The van der Waals surface area contributed by atoms with Gasteiger partial charge < -0.3 is 4.90 Å². The third-order valence-electron chi connectivity index (χ3n) is 3.41. The highest BCUT2D eigenvalue weighted by atomic mass is 16.2. The van der Waals surface area contributed by atoms with Crippen molar-refractivity contribution in [1.82, 2.24) is 4.90 Å². The Bertz CT molecular complexity index is 444. The smallest absolute Gasteiger partial charge is 0.253 e. The van der Waals surface area contributed by atoms with Gasteiger partial charge >= 0.3 is 0 Å². The summed E-state index contributed by atoms with van der Waals surface area (Å²) in [6, 6.07) is 8.92. The molecule has 17 heavy (non-hydrogen) atoms. The van der Waals surface area contributed by atoms with Crippen molar-refractivity contribution in [3.05, 3.63) is 35.4 Å². The zero-order chi connectivity index (χ0) is 12.3. The Kier molecular flexibility index (Phi) is 3.43. The number of benzene rings is 1. The molecule has 0 spiro atoms. The molecule has 1 amide bonds. The van der Waals surface area contributed by atoms with Gasteiger partial charge in [-0.3, -0.25) is 4.79 Å². The van der Waals surface area contributed by atoms with E-state index in [2.05, 4.69) is 13.0 Å². The number of carbonyl (C=O) groups is 1. The molecule has 0 bridgehead atoms. The van der Waals surface area contributed by atoms with Crippen molar-refractivity contribution in [2.75, 3.05) is 13.1 Å². The van der Waals surface area contributed by atoms with Crippen LogP contribution < -0.4 is 0 Å². The Balaban J connectivity index is 2.07. The minimum atomic E-state index is 0.0884. The van der Waals surface area contributed by atoms with Gasteiger partial charge in [0.25, 0.3) is 5.91 Å². The second-order valence-electron chi connectivity index (χ2n) is 4.50. The largest absolute Gasteiger partial charge is 0.338 e. The van der Waals surface area contributed by atoms with Crippen LogP contribution in [0.1, 0.15) is 35.7 Å². The summed E-state index contributed by atoms with van der Waals surface area (Å²) in [4.78, 5) is 14.1. The first-order chi connectivity index (χ1) is 8.24. The number of nitrogens with zero attached hydrogens (tertiary/aromatic N) is 2. The van der Waals surface area contributed by atoms with Crippen LogP contribution in [0.5, 0.6) is 0 Å². The minimum Gasteiger partial charge on any atom is -0.338 e. The highest BCUT2D eigenvalue weighted by Crippen LogP contribution is 2.21. The highest BCUT2D eigenvalue weighted by Gasteiger charge is 2.25. The van der Waals surface area contributed by atoms with E-state index in [9.17, 15) is 4.79 Å². The van der Waals surface area contributed by atoms with E-state index in [4.69, 9.17) is 5.26 Å². The van der Waals surface area contributed by atoms with Crippen molar-refractivity contribution in [2.24, 2.45) is 5.92 Å².